The number of hydrogen-bond acceptors (Lipinski definition) is 8. The number of benzene rings is 1. The number of ether oxygens (including phenoxy) is 1. The second-order valence-electron chi connectivity index (χ2n) is 10.9. The van der Waals surface area contributed by atoms with Crippen molar-refractivity contribution in [3.05, 3.63) is 60.0 Å². The first-order valence-electron chi connectivity index (χ1n) is 14.5. The number of hydrogen-bond donors (Lipinski definition) is 2. The number of pyridine rings is 1. The average molecular weight is 532 g/mol. The summed E-state index contributed by atoms with van der Waals surface area (Å²) in [5, 5.41) is 16.7. The van der Waals surface area contributed by atoms with E-state index in [1.165, 1.54) is 0 Å². The lowest BCUT2D eigenvalue weighted by molar-refractivity contribution is 0.0948. The van der Waals surface area contributed by atoms with Crippen LogP contribution in [0, 0.1) is 11.8 Å². The normalized spacial score (nSPS) is 18.7. The summed E-state index contributed by atoms with van der Waals surface area (Å²) < 4.78 is 23.0. The van der Waals surface area contributed by atoms with Crippen LogP contribution in [0.2, 0.25) is 0 Å². The van der Waals surface area contributed by atoms with Gasteiger partial charge >= 0.3 is 0 Å². The molecule has 9 nitrogen and oxygen atoms in total. The van der Waals surface area contributed by atoms with Crippen molar-refractivity contribution in [2.45, 2.75) is 44.9 Å². The number of piperazine rings is 1. The summed E-state index contributed by atoms with van der Waals surface area (Å²) in [5.41, 5.74) is 7.35. The molecule has 0 unspecified atom stereocenters. The summed E-state index contributed by atoms with van der Waals surface area (Å²) in [4.78, 5) is 11.2. The fraction of sp³-hybridized carbons (Fsp3) is 0.467. The smallest absolute Gasteiger partial charge is 0.166 e. The van der Waals surface area contributed by atoms with E-state index in [9.17, 15) is 5.11 Å². The zero-order chi connectivity index (χ0) is 29.2. The first-order valence-corrected chi connectivity index (χ1v) is 13.5. The number of nitrogens with two attached hydrogens (primary N) is 1. The van der Waals surface area contributed by atoms with Crippen molar-refractivity contribution in [2.24, 2.45) is 0 Å². The maximum Gasteiger partial charge on any atom is 0.166 e. The number of nitrogen functional groups attached to an aromatic ring is 1. The molecule has 0 saturated carbocycles. The largest absolute Gasteiger partial charge is 0.485 e. The summed E-state index contributed by atoms with van der Waals surface area (Å²) in [6, 6.07) is 8.99. The van der Waals surface area contributed by atoms with Gasteiger partial charge in [0, 0.05) is 68.2 Å². The molecular weight excluding hydrogens is 490 g/mol. The van der Waals surface area contributed by atoms with Crippen LogP contribution in [0.25, 0.3) is 11.1 Å². The Balaban J connectivity index is 1.26. The van der Waals surface area contributed by atoms with Gasteiger partial charge in [-0.1, -0.05) is 24.0 Å². The van der Waals surface area contributed by atoms with Gasteiger partial charge in [-0.3, -0.25) is 9.91 Å². The second-order valence-corrected chi connectivity index (χ2v) is 10.9. The molecule has 0 aliphatic carbocycles. The second kappa shape index (κ2) is 11.7. The molecule has 9 heteroatoms. The van der Waals surface area contributed by atoms with Crippen molar-refractivity contribution in [1.82, 2.24) is 24.7 Å². The van der Waals surface area contributed by atoms with Crippen molar-refractivity contribution in [3.8, 4) is 28.7 Å². The van der Waals surface area contributed by atoms with Gasteiger partial charge in [-0.05, 0) is 57.5 Å². The quantitative estimate of drug-likeness (QED) is 0.469. The highest BCUT2D eigenvalue weighted by molar-refractivity contribution is 5.65. The monoisotopic (exact) mass is 531 g/mol. The molecule has 5 rings (SSSR count). The SMILES string of the molecule is [2H]C([2H])(Oc1cc(-c2cnn(N3CCC(N4CCN(C)CC4)CC3)c2)cnc1N)c1cccc(C#CC(C)(C)O)c1. The Morgan fingerprint density at radius 3 is 2.62 bits per heavy atom. The molecule has 0 spiro atoms. The fourth-order valence-electron chi connectivity index (χ4n) is 4.92. The van der Waals surface area contributed by atoms with Crippen molar-refractivity contribution < 1.29 is 12.6 Å². The highest BCUT2D eigenvalue weighted by atomic mass is 16.5. The zero-order valence-corrected chi connectivity index (χ0v) is 23.0. The Hall–Kier alpha value is -3.58. The molecule has 2 aromatic heterocycles. The average Bonchev–Trinajstić information content (AvgIpc) is 3.44. The first-order chi connectivity index (χ1) is 19.5. The third-order valence-corrected chi connectivity index (χ3v) is 7.22. The Morgan fingerprint density at radius 2 is 1.87 bits per heavy atom. The highest BCUT2D eigenvalue weighted by Gasteiger charge is 2.27. The minimum absolute atomic E-state index is 0.0916. The fourth-order valence-corrected chi connectivity index (χ4v) is 4.92. The Morgan fingerprint density at radius 1 is 1.10 bits per heavy atom. The van der Waals surface area contributed by atoms with Gasteiger partial charge in [0.05, 0.1) is 15.1 Å². The van der Waals surface area contributed by atoms with Crippen molar-refractivity contribution >= 4 is 5.82 Å². The summed E-state index contributed by atoms with van der Waals surface area (Å²) in [6.45, 7) is 7.41. The van der Waals surface area contributed by atoms with E-state index in [0.29, 0.717) is 11.6 Å². The standard InChI is InChI=1S/C30H39N7O2/c1-30(2,38)10-7-23-5-4-6-24(17-23)22-39-28-18-25(19-32-29(28)31)26-20-33-37(21-26)36-11-8-27(9-12-36)35-15-13-34(3)14-16-35/h4-6,17-21,27,38H,8-9,11-16,22H2,1-3H3,(H2,31,32)/i22D2. The summed E-state index contributed by atoms with van der Waals surface area (Å²) in [5.74, 6) is 5.85. The molecule has 2 fully saturated rings. The molecular formula is C30H39N7O2. The van der Waals surface area contributed by atoms with Crippen LogP contribution in [0.3, 0.4) is 0 Å². The predicted molar refractivity (Wildman–Crippen MR) is 154 cm³/mol. The Labute approximate surface area is 234 Å². The number of piperidine rings is 1. The lowest BCUT2D eigenvalue weighted by Gasteiger charge is -2.42. The number of likely N-dealkylation sites (N-methyl/N-ethyl adjacent to an activating group) is 1. The van der Waals surface area contributed by atoms with Crippen LogP contribution in [-0.4, -0.2) is 87.7 Å². The van der Waals surface area contributed by atoms with Gasteiger partial charge in [-0.15, -0.1) is 0 Å². The van der Waals surface area contributed by atoms with E-state index in [1.54, 1.807) is 56.6 Å². The van der Waals surface area contributed by atoms with Gasteiger partial charge in [-0.25, -0.2) is 4.98 Å². The molecule has 1 aromatic carbocycles. The summed E-state index contributed by atoms with van der Waals surface area (Å²) in [7, 11) is 2.19. The summed E-state index contributed by atoms with van der Waals surface area (Å²) >= 11 is 0. The number of rotatable bonds is 6. The summed E-state index contributed by atoms with van der Waals surface area (Å²) in [6.07, 6.45) is 7.61. The van der Waals surface area contributed by atoms with Crippen molar-refractivity contribution in [2.75, 3.05) is 57.1 Å². The van der Waals surface area contributed by atoms with Gasteiger partial charge < -0.3 is 20.5 Å². The molecule has 0 amide bonds. The molecule has 206 valence electrons. The Kier molecular flexibility index (Phi) is 7.31. The van der Waals surface area contributed by atoms with Crippen LogP contribution in [0.15, 0.2) is 48.9 Å². The minimum Gasteiger partial charge on any atom is -0.485 e. The molecule has 4 heterocycles. The number of aliphatic hydroxyl groups is 1. The van der Waals surface area contributed by atoms with Crippen LogP contribution in [0.5, 0.6) is 5.75 Å². The highest BCUT2D eigenvalue weighted by Crippen LogP contribution is 2.28. The van der Waals surface area contributed by atoms with E-state index in [0.717, 1.165) is 63.2 Å². The third kappa shape index (κ3) is 7.09. The molecule has 0 radical (unpaired) electrons. The van der Waals surface area contributed by atoms with Crippen LogP contribution in [-0.2, 0) is 6.56 Å². The van der Waals surface area contributed by atoms with Crippen molar-refractivity contribution in [1.29, 1.82) is 0 Å². The topological polar surface area (TPSA) is 95.9 Å². The number of aromatic nitrogens is 3. The minimum atomic E-state index is -2.20. The van der Waals surface area contributed by atoms with Crippen LogP contribution < -0.4 is 15.5 Å². The van der Waals surface area contributed by atoms with Gasteiger partial charge in [0.1, 0.15) is 12.2 Å². The molecule has 0 bridgehead atoms. The van der Waals surface area contributed by atoms with Gasteiger partial charge in [0.15, 0.2) is 11.6 Å². The lowest BCUT2D eigenvalue weighted by Crippen LogP contribution is -2.53. The van der Waals surface area contributed by atoms with E-state index in [2.05, 4.69) is 43.8 Å². The van der Waals surface area contributed by atoms with E-state index in [-0.39, 0.29) is 17.1 Å². The zero-order valence-electron chi connectivity index (χ0n) is 25.0. The molecule has 2 saturated heterocycles. The maximum atomic E-state index is 9.89. The number of anilines is 1. The van der Waals surface area contributed by atoms with E-state index < -0.39 is 12.2 Å². The Bertz CT molecular complexity index is 1410. The molecule has 2 aliphatic rings. The molecule has 3 N–H and O–H groups in total. The van der Waals surface area contributed by atoms with Crippen LogP contribution >= 0.6 is 0 Å². The third-order valence-electron chi connectivity index (χ3n) is 7.22. The first kappa shape index (κ1) is 24.5. The molecule has 3 aromatic rings. The van der Waals surface area contributed by atoms with Gasteiger partial charge in [0.2, 0.25) is 0 Å². The van der Waals surface area contributed by atoms with Gasteiger partial charge in [0.25, 0.3) is 0 Å². The van der Waals surface area contributed by atoms with Crippen molar-refractivity contribution in [3.63, 3.8) is 0 Å². The van der Waals surface area contributed by atoms with E-state index >= 15 is 0 Å². The molecule has 2 aliphatic heterocycles. The molecule has 39 heavy (non-hydrogen) atoms. The van der Waals surface area contributed by atoms with Crippen LogP contribution in [0.4, 0.5) is 5.82 Å². The van der Waals surface area contributed by atoms with Gasteiger partial charge in [-0.2, -0.15) is 9.89 Å². The predicted octanol–water partition coefficient (Wildman–Crippen LogP) is 2.58. The van der Waals surface area contributed by atoms with E-state index in [1.807, 2.05) is 11.0 Å². The lowest BCUT2D eigenvalue weighted by atomic mass is 10.0. The molecule has 0 atom stereocenters. The van der Waals surface area contributed by atoms with E-state index in [4.69, 9.17) is 13.2 Å². The van der Waals surface area contributed by atoms with Crippen LogP contribution in [0.1, 0.15) is 40.6 Å². The maximum absolute atomic E-state index is 9.89. The number of nitrogens with zero attached hydrogens (tertiary/aromatic N) is 6.